The number of methoxy groups -OCH3 is 1. The van der Waals surface area contributed by atoms with Crippen LogP contribution < -0.4 is 4.74 Å². The van der Waals surface area contributed by atoms with Gasteiger partial charge in [-0.15, -0.1) is 10.2 Å². The lowest BCUT2D eigenvalue weighted by Gasteiger charge is -2.15. The van der Waals surface area contributed by atoms with E-state index < -0.39 is 0 Å². The van der Waals surface area contributed by atoms with Crippen molar-refractivity contribution in [2.75, 3.05) is 7.11 Å². The molecule has 2 aromatic heterocycles. The zero-order chi connectivity index (χ0) is 11.1. The van der Waals surface area contributed by atoms with E-state index in [0.29, 0.717) is 0 Å². The van der Waals surface area contributed by atoms with Crippen molar-refractivity contribution in [3.8, 4) is 5.75 Å². The summed E-state index contributed by atoms with van der Waals surface area (Å²) in [5, 5.41) is 8.32. The second-order valence-corrected chi connectivity index (χ2v) is 4.57. The first kappa shape index (κ1) is 9.96. The van der Waals surface area contributed by atoms with Gasteiger partial charge < -0.3 is 4.74 Å². The van der Waals surface area contributed by atoms with Crippen molar-refractivity contribution >= 4 is 5.65 Å². The number of hydrogen-bond acceptors (Lipinski definition) is 3. The van der Waals surface area contributed by atoms with Crippen LogP contribution in [0.15, 0.2) is 18.3 Å². The summed E-state index contributed by atoms with van der Waals surface area (Å²) in [6.07, 6.45) is 1.91. The summed E-state index contributed by atoms with van der Waals surface area (Å²) in [4.78, 5) is 0. The van der Waals surface area contributed by atoms with Crippen LogP contribution >= 0.6 is 0 Å². The molecule has 0 aliphatic rings. The van der Waals surface area contributed by atoms with E-state index in [0.717, 1.165) is 17.2 Å². The lowest BCUT2D eigenvalue weighted by atomic mass is 9.96. The van der Waals surface area contributed by atoms with Crippen LogP contribution in [0, 0.1) is 0 Å². The Kier molecular flexibility index (Phi) is 2.14. The zero-order valence-corrected chi connectivity index (χ0v) is 9.48. The van der Waals surface area contributed by atoms with Gasteiger partial charge in [-0.25, -0.2) is 0 Å². The number of ether oxygens (including phenoxy) is 1. The highest BCUT2D eigenvalue weighted by Crippen LogP contribution is 2.22. The minimum absolute atomic E-state index is 0.0220. The van der Waals surface area contributed by atoms with E-state index in [1.54, 1.807) is 7.11 Å². The third kappa shape index (κ3) is 1.67. The monoisotopic (exact) mass is 205 g/mol. The molecule has 0 bridgehead atoms. The van der Waals surface area contributed by atoms with Crippen molar-refractivity contribution in [2.45, 2.75) is 26.2 Å². The average molecular weight is 205 g/mol. The second kappa shape index (κ2) is 3.22. The van der Waals surface area contributed by atoms with Gasteiger partial charge in [0.25, 0.3) is 0 Å². The quantitative estimate of drug-likeness (QED) is 0.715. The normalized spacial score (nSPS) is 12.0. The molecule has 0 aromatic carbocycles. The molecule has 0 atom stereocenters. The van der Waals surface area contributed by atoms with Crippen LogP contribution in [0.2, 0.25) is 0 Å². The first-order chi connectivity index (χ1) is 7.02. The molecule has 0 aliphatic carbocycles. The van der Waals surface area contributed by atoms with Crippen LogP contribution in [-0.2, 0) is 5.41 Å². The number of rotatable bonds is 1. The number of aromatic nitrogens is 3. The standard InChI is InChI=1S/C11H15N3O/c1-11(2,3)10-13-12-9-6-5-8(15-4)7-14(9)10/h5-7H,1-4H3. The Bertz CT molecular complexity index is 482. The van der Waals surface area contributed by atoms with Crippen LogP contribution in [0.5, 0.6) is 5.75 Å². The molecule has 4 heteroatoms. The van der Waals surface area contributed by atoms with Crippen molar-refractivity contribution in [1.82, 2.24) is 14.6 Å². The van der Waals surface area contributed by atoms with E-state index in [9.17, 15) is 0 Å². The van der Waals surface area contributed by atoms with Gasteiger partial charge in [0.15, 0.2) is 5.65 Å². The summed E-state index contributed by atoms with van der Waals surface area (Å²) in [7, 11) is 1.66. The molecule has 0 N–H and O–H groups in total. The maximum Gasteiger partial charge on any atom is 0.161 e. The fourth-order valence-corrected chi connectivity index (χ4v) is 1.50. The Morgan fingerprint density at radius 1 is 1.20 bits per heavy atom. The van der Waals surface area contributed by atoms with Gasteiger partial charge in [-0.1, -0.05) is 20.8 Å². The molecule has 0 saturated carbocycles. The Hall–Kier alpha value is -1.58. The molecule has 0 radical (unpaired) electrons. The van der Waals surface area contributed by atoms with Gasteiger partial charge in [0.1, 0.15) is 11.6 Å². The van der Waals surface area contributed by atoms with E-state index >= 15 is 0 Å². The average Bonchev–Trinajstić information content (AvgIpc) is 2.59. The van der Waals surface area contributed by atoms with Crippen molar-refractivity contribution in [2.24, 2.45) is 0 Å². The Balaban J connectivity index is 2.67. The summed E-state index contributed by atoms with van der Waals surface area (Å²) in [5.74, 6) is 1.75. The SMILES string of the molecule is COc1ccc2nnc(C(C)(C)C)n2c1. The predicted molar refractivity (Wildman–Crippen MR) is 58.2 cm³/mol. The van der Waals surface area contributed by atoms with Gasteiger partial charge in [-0.3, -0.25) is 4.40 Å². The summed E-state index contributed by atoms with van der Waals surface area (Å²) in [5.41, 5.74) is 0.826. The lowest BCUT2D eigenvalue weighted by molar-refractivity contribution is 0.411. The van der Waals surface area contributed by atoms with E-state index in [-0.39, 0.29) is 5.41 Å². The fourth-order valence-electron chi connectivity index (χ4n) is 1.50. The van der Waals surface area contributed by atoms with Crippen molar-refractivity contribution in [1.29, 1.82) is 0 Å². The molecule has 2 rings (SSSR count). The summed E-state index contributed by atoms with van der Waals surface area (Å²) in [6, 6.07) is 3.79. The van der Waals surface area contributed by atoms with Gasteiger partial charge in [0.2, 0.25) is 0 Å². The fraction of sp³-hybridized carbons (Fsp3) is 0.455. The van der Waals surface area contributed by atoms with Crippen molar-refractivity contribution in [3.63, 3.8) is 0 Å². The van der Waals surface area contributed by atoms with E-state index in [1.165, 1.54) is 0 Å². The minimum atomic E-state index is -0.0220. The molecular weight excluding hydrogens is 190 g/mol. The van der Waals surface area contributed by atoms with Crippen molar-refractivity contribution in [3.05, 3.63) is 24.2 Å². The molecule has 0 amide bonds. The molecule has 0 spiro atoms. The molecule has 0 saturated heterocycles. The molecular formula is C11H15N3O. The van der Waals surface area contributed by atoms with Crippen LogP contribution in [0.25, 0.3) is 5.65 Å². The molecule has 2 aromatic rings. The Morgan fingerprint density at radius 3 is 2.53 bits per heavy atom. The molecule has 0 unspecified atom stereocenters. The van der Waals surface area contributed by atoms with Gasteiger partial charge in [-0.2, -0.15) is 0 Å². The molecule has 0 fully saturated rings. The largest absolute Gasteiger partial charge is 0.495 e. The lowest BCUT2D eigenvalue weighted by Crippen LogP contribution is -2.15. The maximum absolute atomic E-state index is 5.18. The van der Waals surface area contributed by atoms with Crippen LogP contribution in [-0.4, -0.2) is 21.7 Å². The molecule has 15 heavy (non-hydrogen) atoms. The number of hydrogen-bond donors (Lipinski definition) is 0. The van der Waals surface area contributed by atoms with Gasteiger partial charge in [0.05, 0.1) is 13.3 Å². The highest BCUT2D eigenvalue weighted by atomic mass is 16.5. The van der Waals surface area contributed by atoms with Crippen LogP contribution in [0.1, 0.15) is 26.6 Å². The first-order valence-corrected chi connectivity index (χ1v) is 4.91. The van der Waals surface area contributed by atoms with E-state index in [2.05, 4.69) is 31.0 Å². The predicted octanol–water partition coefficient (Wildman–Crippen LogP) is 2.04. The Labute approximate surface area is 88.9 Å². The molecule has 4 nitrogen and oxygen atoms in total. The van der Waals surface area contributed by atoms with Gasteiger partial charge in [-0.05, 0) is 12.1 Å². The second-order valence-electron chi connectivity index (χ2n) is 4.57. The third-order valence-corrected chi connectivity index (χ3v) is 2.28. The third-order valence-electron chi connectivity index (χ3n) is 2.28. The highest BCUT2D eigenvalue weighted by molar-refractivity contribution is 5.42. The van der Waals surface area contributed by atoms with E-state index in [4.69, 9.17) is 4.74 Å². The van der Waals surface area contributed by atoms with Crippen LogP contribution in [0.3, 0.4) is 0 Å². The van der Waals surface area contributed by atoms with E-state index in [1.807, 2.05) is 22.7 Å². The summed E-state index contributed by atoms with van der Waals surface area (Å²) in [6.45, 7) is 6.34. The number of fused-ring (bicyclic) bond motifs is 1. The highest BCUT2D eigenvalue weighted by Gasteiger charge is 2.20. The molecule has 0 aliphatic heterocycles. The smallest absolute Gasteiger partial charge is 0.161 e. The van der Waals surface area contributed by atoms with Crippen molar-refractivity contribution < 1.29 is 4.74 Å². The Morgan fingerprint density at radius 2 is 1.93 bits per heavy atom. The first-order valence-electron chi connectivity index (χ1n) is 4.91. The topological polar surface area (TPSA) is 39.4 Å². The minimum Gasteiger partial charge on any atom is -0.495 e. The summed E-state index contributed by atoms with van der Waals surface area (Å²) < 4.78 is 7.15. The summed E-state index contributed by atoms with van der Waals surface area (Å²) >= 11 is 0. The van der Waals surface area contributed by atoms with Gasteiger partial charge in [0, 0.05) is 5.41 Å². The molecule has 80 valence electrons. The number of nitrogens with zero attached hydrogens (tertiary/aromatic N) is 3. The van der Waals surface area contributed by atoms with Gasteiger partial charge >= 0.3 is 0 Å². The van der Waals surface area contributed by atoms with Crippen LogP contribution in [0.4, 0.5) is 0 Å². The maximum atomic E-state index is 5.18. The number of pyridine rings is 1. The zero-order valence-electron chi connectivity index (χ0n) is 9.48. The molecule has 2 heterocycles.